The molecule has 46 heavy (non-hydrogen) atoms. The smallest absolute Gasteiger partial charge is 0.248 e. The molecule has 0 aliphatic rings. The van der Waals surface area contributed by atoms with Crippen LogP contribution in [-0.2, 0) is 0 Å². The molecule has 0 amide bonds. The third-order valence-corrected chi connectivity index (χ3v) is 7.96. The Hall–Kier alpha value is -4.46. The van der Waals surface area contributed by atoms with Crippen LogP contribution in [0.1, 0.15) is 90.9 Å². The van der Waals surface area contributed by atoms with E-state index in [1.807, 2.05) is 72.8 Å². The maximum atomic E-state index is 5.98. The topological polar surface area (TPSA) is 96.3 Å². The molecular weight excluding hydrogens is 576 g/mol. The van der Waals surface area contributed by atoms with Gasteiger partial charge in [0, 0.05) is 22.3 Å². The Balaban J connectivity index is 1.10. The third-order valence-electron chi connectivity index (χ3n) is 7.96. The molecule has 2 aromatic heterocycles. The lowest BCUT2D eigenvalue weighted by molar-refractivity contribution is 0.304. The predicted molar refractivity (Wildman–Crippen MR) is 182 cm³/mol. The van der Waals surface area contributed by atoms with Gasteiger partial charge in [0.2, 0.25) is 23.6 Å². The lowest BCUT2D eigenvalue weighted by Gasteiger charge is -2.06. The van der Waals surface area contributed by atoms with Crippen molar-refractivity contribution in [2.24, 2.45) is 0 Å². The summed E-state index contributed by atoms with van der Waals surface area (Å²) in [6.45, 7) is 5.94. The zero-order valence-electron chi connectivity index (χ0n) is 27.2. The van der Waals surface area contributed by atoms with Gasteiger partial charge in [0.1, 0.15) is 11.5 Å². The van der Waals surface area contributed by atoms with Gasteiger partial charge in [-0.2, -0.15) is 0 Å². The lowest BCUT2D eigenvalue weighted by Crippen LogP contribution is -1.97. The number of hydrogen-bond donors (Lipinski definition) is 0. The summed E-state index contributed by atoms with van der Waals surface area (Å²) in [6.07, 6.45) is 14.9. The van der Waals surface area contributed by atoms with Crippen LogP contribution in [0, 0.1) is 0 Å². The number of unbranched alkanes of at least 4 members (excludes halogenated alkanes) is 10. The van der Waals surface area contributed by atoms with Crippen molar-refractivity contribution in [1.29, 1.82) is 0 Å². The molecule has 8 heteroatoms. The van der Waals surface area contributed by atoms with E-state index in [2.05, 4.69) is 34.2 Å². The Morgan fingerprint density at radius 3 is 1.00 bits per heavy atom. The van der Waals surface area contributed by atoms with Crippen LogP contribution in [0.5, 0.6) is 11.5 Å². The Morgan fingerprint density at radius 2 is 0.674 bits per heavy atom. The second kappa shape index (κ2) is 17.9. The van der Waals surface area contributed by atoms with Crippen LogP contribution < -0.4 is 9.47 Å². The molecule has 0 fully saturated rings. The van der Waals surface area contributed by atoms with Crippen LogP contribution in [0.25, 0.3) is 45.8 Å². The van der Waals surface area contributed by atoms with Crippen molar-refractivity contribution in [1.82, 2.24) is 20.4 Å². The normalized spacial score (nSPS) is 11.2. The molecule has 0 aliphatic carbocycles. The minimum absolute atomic E-state index is 0.440. The Kier molecular flexibility index (Phi) is 12.8. The SMILES string of the molecule is CCCCCCCCOc1ccc(-c2nnc(-c3ccc(-c4nnc(-c5ccc(OCCCCCCCC)cc5)o4)cc3)o2)cc1. The first kappa shape index (κ1) is 32.9. The van der Waals surface area contributed by atoms with E-state index >= 15 is 0 Å². The van der Waals surface area contributed by atoms with Gasteiger partial charge >= 0.3 is 0 Å². The van der Waals surface area contributed by atoms with Gasteiger partial charge in [-0.15, -0.1) is 20.4 Å². The first-order valence-electron chi connectivity index (χ1n) is 17.0. The molecular formula is C38H46N4O4. The number of hydrogen-bond acceptors (Lipinski definition) is 8. The van der Waals surface area contributed by atoms with E-state index in [4.69, 9.17) is 18.3 Å². The van der Waals surface area contributed by atoms with E-state index in [1.165, 1.54) is 64.2 Å². The molecule has 0 spiro atoms. The van der Waals surface area contributed by atoms with Crippen LogP contribution >= 0.6 is 0 Å². The summed E-state index contributed by atoms with van der Waals surface area (Å²) in [5, 5.41) is 17.0. The highest BCUT2D eigenvalue weighted by Gasteiger charge is 2.14. The van der Waals surface area contributed by atoms with E-state index in [-0.39, 0.29) is 0 Å². The molecule has 242 valence electrons. The molecule has 0 saturated carbocycles. The van der Waals surface area contributed by atoms with E-state index in [9.17, 15) is 0 Å². The van der Waals surface area contributed by atoms with Gasteiger partial charge in [-0.3, -0.25) is 0 Å². The van der Waals surface area contributed by atoms with Crippen LogP contribution in [0.3, 0.4) is 0 Å². The first-order valence-corrected chi connectivity index (χ1v) is 17.0. The van der Waals surface area contributed by atoms with Crippen LogP contribution in [0.15, 0.2) is 81.6 Å². The van der Waals surface area contributed by atoms with Gasteiger partial charge in [-0.1, -0.05) is 78.1 Å². The van der Waals surface area contributed by atoms with Crippen molar-refractivity contribution < 1.29 is 18.3 Å². The Labute approximate surface area is 272 Å². The molecule has 8 nitrogen and oxygen atoms in total. The average Bonchev–Trinajstić information content (AvgIpc) is 3.80. The second-order valence-electron chi connectivity index (χ2n) is 11.7. The van der Waals surface area contributed by atoms with Gasteiger partial charge < -0.3 is 18.3 Å². The minimum atomic E-state index is 0.440. The largest absolute Gasteiger partial charge is 0.494 e. The molecule has 0 unspecified atom stereocenters. The molecule has 0 bridgehead atoms. The van der Waals surface area contributed by atoms with Crippen molar-refractivity contribution in [2.45, 2.75) is 90.9 Å². The highest BCUT2D eigenvalue weighted by atomic mass is 16.5. The summed E-state index contributed by atoms with van der Waals surface area (Å²) in [5.74, 6) is 3.50. The Bertz CT molecular complexity index is 1440. The number of ether oxygens (including phenoxy) is 2. The monoisotopic (exact) mass is 622 g/mol. The van der Waals surface area contributed by atoms with Gasteiger partial charge in [0.25, 0.3) is 0 Å². The Morgan fingerprint density at radius 1 is 0.391 bits per heavy atom. The fraction of sp³-hybridized carbons (Fsp3) is 0.421. The van der Waals surface area contributed by atoms with Crippen LogP contribution in [-0.4, -0.2) is 33.6 Å². The van der Waals surface area contributed by atoms with E-state index in [0.717, 1.165) is 59.8 Å². The average molecular weight is 623 g/mol. The third kappa shape index (κ3) is 9.77. The number of nitrogens with zero attached hydrogens (tertiary/aromatic N) is 4. The van der Waals surface area contributed by atoms with E-state index < -0.39 is 0 Å². The fourth-order valence-corrected chi connectivity index (χ4v) is 5.20. The summed E-state index contributed by atoms with van der Waals surface area (Å²) in [4.78, 5) is 0. The number of aromatic nitrogens is 4. The highest BCUT2D eigenvalue weighted by Crippen LogP contribution is 2.29. The molecule has 2 heterocycles. The highest BCUT2D eigenvalue weighted by molar-refractivity contribution is 5.64. The quantitative estimate of drug-likeness (QED) is 0.0791. The second-order valence-corrected chi connectivity index (χ2v) is 11.7. The van der Waals surface area contributed by atoms with Crippen molar-refractivity contribution in [3.8, 4) is 57.3 Å². The zero-order chi connectivity index (χ0) is 31.8. The number of rotatable bonds is 20. The summed E-state index contributed by atoms with van der Waals surface area (Å²) < 4.78 is 23.8. The number of benzene rings is 3. The fourth-order valence-electron chi connectivity index (χ4n) is 5.20. The summed E-state index contributed by atoms with van der Waals surface area (Å²) >= 11 is 0. The summed E-state index contributed by atoms with van der Waals surface area (Å²) in [7, 11) is 0. The van der Waals surface area contributed by atoms with Crippen molar-refractivity contribution in [2.75, 3.05) is 13.2 Å². The summed E-state index contributed by atoms with van der Waals surface area (Å²) in [6, 6.07) is 23.2. The van der Waals surface area contributed by atoms with Crippen molar-refractivity contribution in [3.63, 3.8) is 0 Å². The van der Waals surface area contributed by atoms with Crippen molar-refractivity contribution in [3.05, 3.63) is 72.8 Å². The van der Waals surface area contributed by atoms with Gasteiger partial charge in [-0.25, -0.2) is 0 Å². The maximum Gasteiger partial charge on any atom is 0.248 e. The summed E-state index contributed by atoms with van der Waals surface area (Å²) in [5.41, 5.74) is 3.30. The van der Waals surface area contributed by atoms with Crippen molar-refractivity contribution >= 4 is 0 Å². The van der Waals surface area contributed by atoms with Crippen LogP contribution in [0.2, 0.25) is 0 Å². The maximum absolute atomic E-state index is 5.98. The van der Waals surface area contributed by atoms with Crippen LogP contribution in [0.4, 0.5) is 0 Å². The van der Waals surface area contributed by atoms with E-state index in [1.54, 1.807) is 0 Å². The zero-order valence-corrected chi connectivity index (χ0v) is 27.2. The minimum Gasteiger partial charge on any atom is -0.494 e. The van der Waals surface area contributed by atoms with E-state index in [0.29, 0.717) is 23.6 Å². The van der Waals surface area contributed by atoms with Gasteiger partial charge in [-0.05, 0) is 85.6 Å². The predicted octanol–water partition coefficient (Wildman–Crippen LogP) is 10.6. The lowest BCUT2D eigenvalue weighted by atomic mass is 10.1. The molecule has 0 radical (unpaired) electrons. The molecule has 0 N–H and O–H groups in total. The standard InChI is InChI=1S/C38H46N4O4/c1-3-5-7-9-11-13-27-43-33-23-19-31(20-24-33)37-41-39-35(45-37)29-15-17-30(18-16-29)36-40-42-38(46-36)32-21-25-34(26-22-32)44-28-14-12-10-8-6-4-2/h15-26H,3-14,27-28H2,1-2H3. The molecule has 5 rings (SSSR count). The van der Waals surface area contributed by atoms with Gasteiger partial charge in [0.15, 0.2) is 0 Å². The molecule has 5 aromatic rings. The first-order chi connectivity index (χ1) is 22.7. The molecule has 0 saturated heterocycles. The molecule has 0 atom stereocenters. The van der Waals surface area contributed by atoms with Gasteiger partial charge in [0.05, 0.1) is 13.2 Å². The molecule has 0 aliphatic heterocycles. The molecule has 3 aromatic carbocycles.